The van der Waals surface area contributed by atoms with Crippen molar-refractivity contribution in [2.45, 2.75) is 23.9 Å². The number of benzene rings is 2. The minimum atomic E-state index is -4.66. The largest absolute Gasteiger partial charge is 0.435 e. The van der Waals surface area contributed by atoms with Crippen molar-refractivity contribution < 1.29 is 26.4 Å². The van der Waals surface area contributed by atoms with E-state index in [0.717, 1.165) is 16.9 Å². The molecule has 2 aromatic carbocycles. The van der Waals surface area contributed by atoms with Crippen LogP contribution in [-0.2, 0) is 22.7 Å². The van der Waals surface area contributed by atoms with Gasteiger partial charge in [-0.15, -0.1) is 11.3 Å². The summed E-state index contributed by atoms with van der Waals surface area (Å²) < 4.78 is 69.7. The van der Waals surface area contributed by atoms with Gasteiger partial charge in [0.1, 0.15) is 4.21 Å². The summed E-state index contributed by atoms with van der Waals surface area (Å²) in [4.78, 5) is 18.4. The highest BCUT2D eigenvalue weighted by atomic mass is 35.5. The van der Waals surface area contributed by atoms with Crippen LogP contribution in [-0.4, -0.2) is 49.8 Å². The van der Waals surface area contributed by atoms with E-state index in [1.54, 1.807) is 48.5 Å². The van der Waals surface area contributed by atoms with Gasteiger partial charge in [0.2, 0.25) is 0 Å². The van der Waals surface area contributed by atoms with E-state index in [-0.39, 0.29) is 54.0 Å². The Kier molecular flexibility index (Phi) is 7.79. The zero-order valence-electron chi connectivity index (χ0n) is 21.2. The predicted octanol–water partition coefficient (Wildman–Crippen LogP) is 5.72. The van der Waals surface area contributed by atoms with Crippen molar-refractivity contribution in [1.29, 1.82) is 0 Å². The molecule has 0 atom stereocenters. The molecule has 2 aromatic heterocycles. The molecule has 0 bridgehead atoms. The maximum Gasteiger partial charge on any atom is 0.435 e. The van der Waals surface area contributed by atoms with Crippen molar-refractivity contribution in [1.82, 2.24) is 14.6 Å². The second-order valence-corrected chi connectivity index (χ2v) is 13.1. The van der Waals surface area contributed by atoms with Crippen LogP contribution in [0.2, 0.25) is 5.02 Å². The summed E-state index contributed by atoms with van der Waals surface area (Å²) in [5, 5.41) is 3.85. The summed E-state index contributed by atoms with van der Waals surface area (Å²) >= 11 is 6.89. The smallest absolute Gasteiger partial charge is 0.367 e. The molecule has 1 saturated heterocycles. The minimum absolute atomic E-state index is 0.0199. The van der Waals surface area contributed by atoms with Crippen molar-refractivity contribution in [3.05, 3.63) is 87.4 Å². The SMILES string of the molecule is Cc1ccc2nc(C(F)(F)F)c(N3CCN(S(=O)(=O)c4ccc(CNC(=O)c5ccc(Cl)cc5)s4)CC3)cc2c1. The highest BCUT2D eigenvalue weighted by Gasteiger charge is 2.39. The molecule has 40 heavy (non-hydrogen) atoms. The lowest BCUT2D eigenvalue weighted by Gasteiger charge is -2.36. The van der Waals surface area contributed by atoms with Crippen LogP contribution in [0.15, 0.2) is 64.9 Å². The van der Waals surface area contributed by atoms with Crippen molar-refractivity contribution >= 4 is 55.5 Å². The quantitative estimate of drug-likeness (QED) is 0.303. The van der Waals surface area contributed by atoms with E-state index in [9.17, 15) is 26.4 Å². The fraction of sp³-hybridized carbons (Fsp3) is 0.259. The second kappa shape index (κ2) is 11.0. The Balaban J connectivity index is 1.27. The van der Waals surface area contributed by atoms with Crippen molar-refractivity contribution in [3.63, 3.8) is 0 Å². The summed E-state index contributed by atoms with van der Waals surface area (Å²) in [5.41, 5.74) is 0.537. The normalized spacial score (nSPS) is 15.0. The summed E-state index contributed by atoms with van der Waals surface area (Å²) in [7, 11) is -3.86. The minimum Gasteiger partial charge on any atom is -0.367 e. The number of alkyl halides is 3. The van der Waals surface area contributed by atoms with Crippen LogP contribution >= 0.6 is 22.9 Å². The molecule has 210 valence electrons. The first-order chi connectivity index (χ1) is 18.9. The molecule has 13 heteroatoms. The number of fused-ring (bicyclic) bond motifs is 1. The molecular formula is C27H24ClF3N4O3S2. The summed E-state index contributed by atoms with van der Waals surface area (Å²) in [5.74, 6) is -0.317. The molecule has 5 rings (SSSR count). The summed E-state index contributed by atoms with van der Waals surface area (Å²) in [6.07, 6.45) is -4.66. The number of halogens is 4. The van der Waals surface area contributed by atoms with E-state index in [0.29, 0.717) is 20.8 Å². The zero-order valence-corrected chi connectivity index (χ0v) is 23.6. The Morgan fingerprint density at radius 1 is 1.02 bits per heavy atom. The van der Waals surface area contributed by atoms with Crippen molar-refractivity contribution in [2.24, 2.45) is 0 Å². The number of carbonyl (C=O) groups is 1. The van der Waals surface area contributed by atoms with E-state index in [4.69, 9.17) is 11.6 Å². The van der Waals surface area contributed by atoms with Crippen LogP contribution in [0.25, 0.3) is 10.9 Å². The third-order valence-electron chi connectivity index (χ3n) is 6.56. The van der Waals surface area contributed by atoms with E-state index in [2.05, 4.69) is 10.3 Å². The van der Waals surface area contributed by atoms with Gasteiger partial charge in [0.05, 0.1) is 17.7 Å². The third-order valence-corrected chi connectivity index (χ3v) is 10.3. The van der Waals surface area contributed by atoms with E-state index in [1.165, 1.54) is 21.3 Å². The number of nitrogens with zero attached hydrogens (tertiary/aromatic N) is 3. The fourth-order valence-electron chi connectivity index (χ4n) is 4.49. The van der Waals surface area contributed by atoms with Gasteiger partial charge in [-0.25, -0.2) is 13.4 Å². The lowest BCUT2D eigenvalue weighted by atomic mass is 10.1. The number of piperazine rings is 1. The van der Waals surface area contributed by atoms with Crippen LogP contribution in [0.1, 0.15) is 26.5 Å². The van der Waals surface area contributed by atoms with Gasteiger partial charge in [-0.1, -0.05) is 23.2 Å². The van der Waals surface area contributed by atoms with Gasteiger partial charge in [0.15, 0.2) is 5.69 Å². The Hall–Kier alpha value is -3.19. The second-order valence-electron chi connectivity index (χ2n) is 9.35. The van der Waals surface area contributed by atoms with Gasteiger partial charge in [-0.2, -0.15) is 17.5 Å². The van der Waals surface area contributed by atoms with Gasteiger partial charge >= 0.3 is 6.18 Å². The number of carbonyl (C=O) groups excluding carboxylic acids is 1. The first kappa shape index (κ1) is 28.3. The third kappa shape index (κ3) is 5.95. The molecule has 1 N–H and O–H groups in total. The van der Waals surface area contributed by atoms with Crippen LogP contribution in [0.5, 0.6) is 0 Å². The molecule has 1 amide bonds. The maximum atomic E-state index is 13.9. The molecule has 3 heterocycles. The Morgan fingerprint density at radius 3 is 2.40 bits per heavy atom. The number of hydrogen-bond donors (Lipinski definition) is 1. The molecule has 4 aromatic rings. The van der Waals surface area contributed by atoms with Gasteiger partial charge in [-0.3, -0.25) is 4.79 Å². The Labute approximate surface area is 238 Å². The van der Waals surface area contributed by atoms with Gasteiger partial charge < -0.3 is 10.2 Å². The van der Waals surface area contributed by atoms with Crippen molar-refractivity contribution in [2.75, 3.05) is 31.1 Å². The summed E-state index contributed by atoms with van der Waals surface area (Å²) in [6, 6.07) is 16.0. The number of hydrogen-bond acceptors (Lipinski definition) is 6. The van der Waals surface area contributed by atoms with E-state index >= 15 is 0 Å². The number of anilines is 1. The lowest BCUT2D eigenvalue weighted by molar-refractivity contribution is -0.140. The number of aryl methyl sites for hydroxylation is 1. The molecular weight excluding hydrogens is 585 g/mol. The van der Waals surface area contributed by atoms with Gasteiger partial charge in [0, 0.05) is 47.0 Å². The number of rotatable bonds is 6. The number of pyridine rings is 1. The van der Waals surface area contributed by atoms with E-state index in [1.807, 2.05) is 6.92 Å². The average Bonchev–Trinajstić information content (AvgIpc) is 3.41. The van der Waals surface area contributed by atoms with Crippen LogP contribution in [0.3, 0.4) is 0 Å². The topological polar surface area (TPSA) is 82.6 Å². The molecule has 0 spiro atoms. The molecule has 1 aliphatic heterocycles. The molecule has 0 unspecified atom stereocenters. The fourth-order valence-corrected chi connectivity index (χ4v) is 7.49. The van der Waals surface area contributed by atoms with Crippen LogP contribution < -0.4 is 10.2 Å². The summed E-state index contributed by atoms with van der Waals surface area (Å²) in [6.45, 7) is 2.19. The molecule has 1 aliphatic rings. The highest BCUT2D eigenvalue weighted by molar-refractivity contribution is 7.91. The van der Waals surface area contributed by atoms with Crippen LogP contribution in [0.4, 0.5) is 18.9 Å². The van der Waals surface area contributed by atoms with Crippen LogP contribution in [0, 0.1) is 6.92 Å². The first-order valence-electron chi connectivity index (χ1n) is 12.3. The average molecular weight is 609 g/mol. The molecule has 7 nitrogen and oxygen atoms in total. The lowest BCUT2D eigenvalue weighted by Crippen LogP contribution is -2.49. The number of nitrogens with one attached hydrogen (secondary N) is 1. The maximum absolute atomic E-state index is 13.9. The number of amides is 1. The standard InChI is InChI=1S/C27H24ClF3N4O3S2/c1-17-2-8-22-19(14-17)15-23(25(33-22)27(29,30)31)34-10-12-35(13-11-34)40(37,38)24-9-7-21(39-24)16-32-26(36)18-3-5-20(28)6-4-18/h2-9,14-15H,10-13,16H2,1H3,(H,32,36). The molecule has 1 fully saturated rings. The monoisotopic (exact) mass is 608 g/mol. The molecule has 0 saturated carbocycles. The number of aromatic nitrogens is 1. The predicted molar refractivity (Wildman–Crippen MR) is 149 cm³/mol. The van der Waals surface area contributed by atoms with Gasteiger partial charge in [0.25, 0.3) is 15.9 Å². The Bertz CT molecular complexity index is 1670. The molecule has 0 aliphatic carbocycles. The first-order valence-corrected chi connectivity index (χ1v) is 14.9. The van der Waals surface area contributed by atoms with E-state index < -0.39 is 21.9 Å². The molecule has 0 radical (unpaired) electrons. The zero-order chi connectivity index (χ0) is 28.7. The number of sulfonamides is 1. The van der Waals surface area contributed by atoms with Gasteiger partial charge in [-0.05, 0) is 61.5 Å². The Morgan fingerprint density at radius 2 is 1.73 bits per heavy atom. The van der Waals surface area contributed by atoms with Crippen molar-refractivity contribution in [3.8, 4) is 0 Å². The number of thiophene rings is 1. The highest BCUT2D eigenvalue weighted by Crippen LogP contribution is 2.38.